The average molecular weight is 289 g/mol. The summed E-state index contributed by atoms with van der Waals surface area (Å²) in [6.07, 6.45) is 0.688. The lowest BCUT2D eigenvalue weighted by Crippen LogP contribution is -2.26. The predicted molar refractivity (Wildman–Crippen MR) is 77.3 cm³/mol. The number of halogens is 2. The van der Waals surface area contributed by atoms with Crippen molar-refractivity contribution >= 4 is 0 Å². The maximum absolute atomic E-state index is 14.1. The second kappa shape index (κ2) is 5.45. The largest absolute Gasteiger partial charge is 0.493 e. The molecule has 0 bridgehead atoms. The Balaban J connectivity index is 2.00. The molecule has 2 aromatic rings. The molecule has 0 saturated heterocycles. The van der Waals surface area contributed by atoms with Gasteiger partial charge in [0, 0.05) is 17.5 Å². The maximum atomic E-state index is 14.1. The number of hydrogen-bond acceptors (Lipinski definition) is 2. The number of aryl methyl sites for hydroxylation is 1. The van der Waals surface area contributed by atoms with Gasteiger partial charge in [0.25, 0.3) is 0 Å². The fraction of sp³-hybridized carbons (Fsp3) is 0.294. The van der Waals surface area contributed by atoms with Gasteiger partial charge in [0.05, 0.1) is 6.61 Å². The van der Waals surface area contributed by atoms with Crippen LogP contribution >= 0.6 is 0 Å². The second-order valence-corrected chi connectivity index (χ2v) is 5.43. The summed E-state index contributed by atoms with van der Waals surface area (Å²) in [6, 6.07) is 9.42. The van der Waals surface area contributed by atoms with Crippen molar-refractivity contribution in [3.05, 3.63) is 64.7 Å². The van der Waals surface area contributed by atoms with E-state index in [2.05, 4.69) is 0 Å². The Morgan fingerprint density at radius 1 is 1.19 bits per heavy atom. The van der Waals surface area contributed by atoms with E-state index in [1.807, 2.05) is 24.3 Å². The standard InChI is InChI=1S/C17H17F2NO/c1-10-8-15(19)13(9-14(10)18)17(20)12-6-7-21-16-5-3-2-4-11(12)16/h2-5,8-9,12,17H,6-7,20H2,1H3. The molecule has 0 aliphatic carbocycles. The molecule has 0 saturated carbocycles. The van der Waals surface area contributed by atoms with Crippen LogP contribution in [0.3, 0.4) is 0 Å². The van der Waals surface area contributed by atoms with Crippen molar-refractivity contribution in [1.29, 1.82) is 0 Å². The first-order chi connectivity index (χ1) is 10.1. The zero-order valence-corrected chi connectivity index (χ0v) is 11.8. The fourth-order valence-corrected chi connectivity index (χ4v) is 2.88. The highest BCUT2D eigenvalue weighted by atomic mass is 19.1. The monoisotopic (exact) mass is 289 g/mol. The van der Waals surface area contributed by atoms with Crippen molar-refractivity contribution in [2.24, 2.45) is 5.73 Å². The minimum absolute atomic E-state index is 0.0773. The van der Waals surface area contributed by atoms with Crippen LogP contribution in [0.1, 0.15) is 35.1 Å². The summed E-state index contributed by atoms with van der Waals surface area (Å²) in [5.41, 5.74) is 7.71. The molecule has 3 rings (SSSR count). The zero-order chi connectivity index (χ0) is 15.0. The Hall–Kier alpha value is -1.94. The molecule has 2 aromatic carbocycles. The van der Waals surface area contributed by atoms with E-state index < -0.39 is 17.7 Å². The number of fused-ring (bicyclic) bond motifs is 1. The van der Waals surface area contributed by atoms with E-state index in [0.717, 1.165) is 11.3 Å². The van der Waals surface area contributed by atoms with Gasteiger partial charge in [-0.3, -0.25) is 0 Å². The summed E-state index contributed by atoms with van der Waals surface area (Å²) in [5.74, 6) is -0.184. The number of nitrogens with two attached hydrogens (primary N) is 1. The lowest BCUT2D eigenvalue weighted by Gasteiger charge is -2.30. The molecule has 1 aliphatic heterocycles. The van der Waals surface area contributed by atoms with Gasteiger partial charge in [0.2, 0.25) is 0 Å². The first-order valence-corrected chi connectivity index (χ1v) is 7.01. The molecular formula is C17H17F2NO. The first kappa shape index (κ1) is 14.0. The van der Waals surface area contributed by atoms with E-state index in [4.69, 9.17) is 10.5 Å². The number of para-hydroxylation sites is 1. The third-order valence-corrected chi connectivity index (χ3v) is 4.08. The number of rotatable bonds is 2. The summed E-state index contributed by atoms with van der Waals surface area (Å²) in [7, 11) is 0. The Kier molecular flexibility index (Phi) is 3.64. The van der Waals surface area contributed by atoms with Gasteiger partial charge in [-0.25, -0.2) is 8.78 Å². The van der Waals surface area contributed by atoms with Gasteiger partial charge in [-0.15, -0.1) is 0 Å². The SMILES string of the molecule is Cc1cc(F)c(C(N)C2CCOc3ccccc32)cc1F. The van der Waals surface area contributed by atoms with Crippen LogP contribution in [0.25, 0.3) is 0 Å². The number of benzene rings is 2. The van der Waals surface area contributed by atoms with Gasteiger partial charge in [-0.2, -0.15) is 0 Å². The van der Waals surface area contributed by atoms with Crippen LogP contribution in [-0.2, 0) is 0 Å². The van der Waals surface area contributed by atoms with Gasteiger partial charge < -0.3 is 10.5 Å². The van der Waals surface area contributed by atoms with E-state index in [9.17, 15) is 8.78 Å². The molecule has 110 valence electrons. The molecule has 0 spiro atoms. The predicted octanol–water partition coefficient (Wildman–Crippen LogP) is 3.84. The van der Waals surface area contributed by atoms with E-state index >= 15 is 0 Å². The van der Waals surface area contributed by atoms with Crippen molar-refractivity contribution in [2.45, 2.75) is 25.3 Å². The molecule has 0 aromatic heterocycles. The van der Waals surface area contributed by atoms with Gasteiger partial charge in [-0.05, 0) is 42.7 Å². The number of hydrogen-bond donors (Lipinski definition) is 1. The van der Waals surface area contributed by atoms with Crippen molar-refractivity contribution in [3.8, 4) is 5.75 Å². The summed E-state index contributed by atoms with van der Waals surface area (Å²) >= 11 is 0. The molecule has 1 aliphatic rings. The minimum atomic E-state index is -0.592. The molecular weight excluding hydrogens is 272 g/mol. The van der Waals surface area contributed by atoms with Gasteiger partial charge in [0.15, 0.2) is 0 Å². The van der Waals surface area contributed by atoms with E-state index in [0.29, 0.717) is 13.0 Å². The van der Waals surface area contributed by atoms with E-state index in [1.165, 1.54) is 19.1 Å². The molecule has 2 unspecified atom stereocenters. The van der Waals surface area contributed by atoms with Crippen molar-refractivity contribution in [1.82, 2.24) is 0 Å². The third kappa shape index (κ3) is 2.51. The smallest absolute Gasteiger partial charge is 0.128 e. The summed E-state index contributed by atoms with van der Waals surface area (Å²) in [5, 5.41) is 0. The third-order valence-electron chi connectivity index (χ3n) is 4.08. The normalized spacial score (nSPS) is 18.8. The highest BCUT2D eigenvalue weighted by Crippen LogP contribution is 2.40. The topological polar surface area (TPSA) is 35.2 Å². The summed E-state index contributed by atoms with van der Waals surface area (Å²) < 4.78 is 33.5. The van der Waals surface area contributed by atoms with Gasteiger partial charge in [-0.1, -0.05) is 18.2 Å². The second-order valence-electron chi connectivity index (χ2n) is 5.43. The summed E-state index contributed by atoms with van der Waals surface area (Å²) in [6.45, 7) is 2.07. The quantitative estimate of drug-likeness (QED) is 0.911. The number of ether oxygens (including phenoxy) is 1. The van der Waals surface area contributed by atoms with Gasteiger partial charge >= 0.3 is 0 Å². The van der Waals surface area contributed by atoms with Crippen molar-refractivity contribution < 1.29 is 13.5 Å². The fourth-order valence-electron chi connectivity index (χ4n) is 2.88. The molecule has 2 atom stereocenters. The molecule has 21 heavy (non-hydrogen) atoms. The molecule has 0 amide bonds. The van der Waals surface area contributed by atoms with E-state index in [-0.39, 0.29) is 17.0 Å². The van der Waals surface area contributed by atoms with Crippen LogP contribution < -0.4 is 10.5 Å². The highest BCUT2D eigenvalue weighted by Gasteiger charge is 2.29. The van der Waals surface area contributed by atoms with E-state index in [1.54, 1.807) is 0 Å². The first-order valence-electron chi connectivity index (χ1n) is 7.01. The lowest BCUT2D eigenvalue weighted by atomic mass is 9.83. The van der Waals surface area contributed by atoms with Crippen LogP contribution in [0, 0.1) is 18.6 Å². The van der Waals surface area contributed by atoms with Crippen molar-refractivity contribution in [3.63, 3.8) is 0 Å². The molecule has 2 nitrogen and oxygen atoms in total. The van der Waals surface area contributed by atoms with Crippen LogP contribution in [0.5, 0.6) is 5.75 Å². The molecule has 4 heteroatoms. The van der Waals surface area contributed by atoms with Crippen molar-refractivity contribution in [2.75, 3.05) is 6.61 Å². The zero-order valence-electron chi connectivity index (χ0n) is 11.8. The van der Waals surface area contributed by atoms with Crippen LogP contribution in [-0.4, -0.2) is 6.61 Å². The minimum Gasteiger partial charge on any atom is -0.493 e. The lowest BCUT2D eigenvalue weighted by molar-refractivity contribution is 0.254. The van der Waals surface area contributed by atoms with Crippen LogP contribution in [0.4, 0.5) is 8.78 Å². The Morgan fingerprint density at radius 2 is 1.95 bits per heavy atom. The highest BCUT2D eigenvalue weighted by molar-refractivity contribution is 5.40. The molecule has 1 heterocycles. The van der Waals surface area contributed by atoms with Crippen LogP contribution in [0.15, 0.2) is 36.4 Å². The average Bonchev–Trinajstić information content (AvgIpc) is 2.49. The Morgan fingerprint density at radius 3 is 2.76 bits per heavy atom. The maximum Gasteiger partial charge on any atom is 0.128 e. The summed E-state index contributed by atoms with van der Waals surface area (Å²) in [4.78, 5) is 0. The molecule has 0 fully saturated rings. The van der Waals surface area contributed by atoms with Gasteiger partial charge in [0.1, 0.15) is 17.4 Å². The Bertz CT molecular complexity index is 672. The Labute approximate surface area is 122 Å². The van der Waals surface area contributed by atoms with Crippen LogP contribution in [0.2, 0.25) is 0 Å². The molecule has 2 N–H and O–H groups in total. The molecule has 0 radical (unpaired) electrons.